The van der Waals surface area contributed by atoms with E-state index in [0.29, 0.717) is 16.7 Å². The summed E-state index contributed by atoms with van der Waals surface area (Å²) in [5, 5.41) is 4.51. The molecule has 1 aliphatic rings. The minimum atomic E-state index is 0. The number of aromatic nitrogens is 1. The smallest absolute Gasteiger partial charge is 0.138 e. The number of rotatable bonds is 5. The summed E-state index contributed by atoms with van der Waals surface area (Å²) in [7, 11) is 1.97. The molecular formula is C16H18Cl4N2O. The van der Waals surface area contributed by atoms with Crippen LogP contribution in [0, 0.1) is 0 Å². The lowest BCUT2D eigenvalue weighted by molar-refractivity contribution is 0.259. The number of ether oxygens (including phenoxy) is 1. The summed E-state index contributed by atoms with van der Waals surface area (Å²) >= 11 is 12.5. The topological polar surface area (TPSA) is 34.1 Å². The van der Waals surface area contributed by atoms with Crippen LogP contribution in [-0.2, 0) is 0 Å². The fourth-order valence-corrected chi connectivity index (χ4v) is 2.86. The second-order valence-electron chi connectivity index (χ2n) is 5.32. The van der Waals surface area contributed by atoms with Crippen LogP contribution in [0.3, 0.4) is 0 Å². The van der Waals surface area contributed by atoms with Crippen molar-refractivity contribution in [1.82, 2.24) is 10.3 Å². The Bertz CT molecular complexity index is 642. The number of halogens is 4. The van der Waals surface area contributed by atoms with E-state index < -0.39 is 0 Å². The van der Waals surface area contributed by atoms with Crippen molar-refractivity contribution in [3.05, 3.63) is 46.7 Å². The van der Waals surface area contributed by atoms with Gasteiger partial charge in [0, 0.05) is 27.4 Å². The van der Waals surface area contributed by atoms with Crippen LogP contribution in [0.4, 0.5) is 0 Å². The van der Waals surface area contributed by atoms with Gasteiger partial charge in [-0.3, -0.25) is 4.98 Å². The molecular weight excluding hydrogens is 378 g/mol. The third kappa shape index (κ3) is 4.65. The first-order valence-corrected chi connectivity index (χ1v) is 7.60. The minimum absolute atomic E-state index is 0. The fraction of sp³-hybridized carbons (Fsp3) is 0.312. The van der Waals surface area contributed by atoms with Crippen LogP contribution in [-0.4, -0.2) is 24.2 Å². The number of pyridine rings is 1. The predicted molar refractivity (Wildman–Crippen MR) is 101 cm³/mol. The van der Waals surface area contributed by atoms with Crippen molar-refractivity contribution >= 4 is 48.0 Å². The second kappa shape index (κ2) is 8.41. The Balaban J connectivity index is 0.00000132. The van der Waals surface area contributed by atoms with Crippen LogP contribution in [0.2, 0.25) is 10.0 Å². The maximum atomic E-state index is 6.24. The molecule has 0 aliphatic heterocycles. The Kier molecular flexibility index (Phi) is 7.43. The SMILES string of the molecule is CNC1(COc2cncc(-c3c(Cl)cccc3Cl)c2)CC1.Cl.Cl. The number of hydrogen-bond acceptors (Lipinski definition) is 3. The maximum absolute atomic E-state index is 6.24. The third-order valence-electron chi connectivity index (χ3n) is 3.86. The van der Waals surface area contributed by atoms with Crippen LogP contribution < -0.4 is 10.1 Å². The molecule has 1 fully saturated rings. The first kappa shape index (κ1) is 20.3. The van der Waals surface area contributed by atoms with E-state index in [-0.39, 0.29) is 30.4 Å². The van der Waals surface area contributed by atoms with Gasteiger partial charge in [-0.2, -0.15) is 0 Å². The highest BCUT2D eigenvalue weighted by molar-refractivity contribution is 6.39. The zero-order chi connectivity index (χ0) is 14.9. The lowest BCUT2D eigenvalue weighted by atomic mass is 10.1. The van der Waals surface area contributed by atoms with Crippen LogP contribution in [0.1, 0.15) is 12.8 Å². The van der Waals surface area contributed by atoms with E-state index in [9.17, 15) is 0 Å². The molecule has 1 saturated carbocycles. The molecule has 0 atom stereocenters. The monoisotopic (exact) mass is 394 g/mol. The molecule has 126 valence electrons. The first-order valence-electron chi connectivity index (χ1n) is 6.85. The van der Waals surface area contributed by atoms with Crippen LogP contribution >= 0.6 is 48.0 Å². The van der Waals surface area contributed by atoms with Crippen molar-refractivity contribution < 1.29 is 4.74 Å². The lowest BCUT2D eigenvalue weighted by Gasteiger charge is -2.15. The molecule has 0 bridgehead atoms. The summed E-state index contributed by atoms with van der Waals surface area (Å²) in [6.07, 6.45) is 5.74. The molecule has 0 saturated heterocycles. The number of hydrogen-bond donors (Lipinski definition) is 1. The van der Waals surface area contributed by atoms with Gasteiger partial charge in [0.1, 0.15) is 12.4 Å². The van der Waals surface area contributed by atoms with Gasteiger partial charge in [-0.25, -0.2) is 0 Å². The molecule has 0 unspecified atom stereocenters. The fourth-order valence-electron chi connectivity index (χ4n) is 2.25. The molecule has 23 heavy (non-hydrogen) atoms. The quantitative estimate of drug-likeness (QED) is 0.770. The zero-order valence-corrected chi connectivity index (χ0v) is 15.7. The summed E-state index contributed by atoms with van der Waals surface area (Å²) in [6, 6.07) is 7.38. The maximum Gasteiger partial charge on any atom is 0.138 e. The molecule has 1 N–H and O–H groups in total. The molecule has 1 aromatic carbocycles. The van der Waals surface area contributed by atoms with Crippen molar-refractivity contribution in [3.63, 3.8) is 0 Å². The van der Waals surface area contributed by atoms with E-state index in [4.69, 9.17) is 27.9 Å². The molecule has 7 heteroatoms. The van der Waals surface area contributed by atoms with Crippen LogP contribution in [0.5, 0.6) is 5.75 Å². The Morgan fingerprint density at radius 3 is 2.39 bits per heavy atom. The van der Waals surface area contributed by atoms with Crippen molar-refractivity contribution in [1.29, 1.82) is 0 Å². The summed E-state index contributed by atoms with van der Waals surface area (Å²) in [6.45, 7) is 0.644. The number of benzene rings is 1. The number of nitrogens with zero attached hydrogens (tertiary/aromatic N) is 1. The van der Waals surface area contributed by atoms with Crippen LogP contribution in [0.25, 0.3) is 11.1 Å². The van der Waals surface area contributed by atoms with Gasteiger partial charge >= 0.3 is 0 Å². The molecule has 1 aromatic heterocycles. The van der Waals surface area contributed by atoms with E-state index in [2.05, 4.69) is 10.3 Å². The molecule has 2 aromatic rings. The lowest BCUT2D eigenvalue weighted by Crippen LogP contribution is -2.33. The molecule has 0 amide bonds. The van der Waals surface area contributed by atoms with Gasteiger partial charge < -0.3 is 10.1 Å². The largest absolute Gasteiger partial charge is 0.490 e. The summed E-state index contributed by atoms with van der Waals surface area (Å²) in [5.74, 6) is 0.727. The Morgan fingerprint density at radius 1 is 1.17 bits per heavy atom. The molecule has 1 heterocycles. The van der Waals surface area contributed by atoms with E-state index in [1.165, 1.54) is 0 Å². The normalized spacial score (nSPS) is 14.4. The van der Waals surface area contributed by atoms with Crippen molar-refractivity contribution in [2.24, 2.45) is 0 Å². The van der Waals surface area contributed by atoms with Crippen molar-refractivity contribution in [2.75, 3.05) is 13.7 Å². The summed E-state index contributed by atoms with van der Waals surface area (Å²) in [4.78, 5) is 4.23. The van der Waals surface area contributed by atoms with Crippen molar-refractivity contribution in [2.45, 2.75) is 18.4 Å². The Morgan fingerprint density at radius 2 is 1.83 bits per heavy atom. The standard InChI is InChI=1S/C16H16Cl2N2O.2ClH/c1-19-16(5-6-16)10-21-12-7-11(8-20-9-12)15-13(17)3-2-4-14(15)18;;/h2-4,7-9,19H,5-6,10H2,1H3;2*1H. The second-order valence-corrected chi connectivity index (χ2v) is 6.14. The predicted octanol–water partition coefficient (Wildman–Crippen LogP) is 5.03. The van der Waals surface area contributed by atoms with Gasteiger partial charge in [0.15, 0.2) is 0 Å². The van der Waals surface area contributed by atoms with Gasteiger partial charge in [-0.15, -0.1) is 24.8 Å². The molecule has 0 radical (unpaired) electrons. The zero-order valence-electron chi connectivity index (χ0n) is 12.5. The average Bonchev–Trinajstić information content (AvgIpc) is 3.26. The van der Waals surface area contributed by atoms with Crippen LogP contribution in [0.15, 0.2) is 36.7 Å². The molecule has 3 nitrogen and oxygen atoms in total. The van der Waals surface area contributed by atoms with Gasteiger partial charge in [0.05, 0.1) is 11.7 Å². The van der Waals surface area contributed by atoms with Gasteiger partial charge in [-0.1, -0.05) is 29.3 Å². The van der Waals surface area contributed by atoms with E-state index >= 15 is 0 Å². The minimum Gasteiger partial charge on any atom is -0.490 e. The molecule has 0 spiro atoms. The first-order chi connectivity index (χ1) is 10.1. The van der Waals surface area contributed by atoms with Gasteiger partial charge in [0.25, 0.3) is 0 Å². The molecule has 1 aliphatic carbocycles. The van der Waals surface area contributed by atoms with Crippen molar-refractivity contribution in [3.8, 4) is 16.9 Å². The van der Waals surface area contributed by atoms with E-state index in [0.717, 1.165) is 29.7 Å². The van der Waals surface area contributed by atoms with E-state index in [1.807, 2.05) is 31.3 Å². The number of nitrogens with one attached hydrogen (secondary N) is 1. The highest BCUT2D eigenvalue weighted by Gasteiger charge is 2.41. The Labute approximate surface area is 158 Å². The third-order valence-corrected chi connectivity index (χ3v) is 4.49. The summed E-state index contributed by atoms with van der Waals surface area (Å²) < 4.78 is 5.85. The number of likely N-dealkylation sites (N-methyl/N-ethyl adjacent to an activating group) is 1. The van der Waals surface area contributed by atoms with E-state index in [1.54, 1.807) is 12.4 Å². The van der Waals surface area contributed by atoms with Gasteiger partial charge in [0.2, 0.25) is 0 Å². The highest BCUT2D eigenvalue weighted by atomic mass is 35.5. The molecule has 3 rings (SSSR count). The van der Waals surface area contributed by atoms with Gasteiger partial charge in [-0.05, 0) is 38.1 Å². The summed E-state index contributed by atoms with van der Waals surface area (Å²) in [5.41, 5.74) is 1.78. The highest BCUT2D eigenvalue weighted by Crippen LogP contribution is 2.37. The average molecular weight is 396 g/mol. The Hall–Kier alpha value is -0.710.